The van der Waals surface area contributed by atoms with Crippen molar-refractivity contribution in [2.45, 2.75) is 10.7 Å². The second kappa shape index (κ2) is 10.3. The number of carbonyl (C=O) groups excluding carboxylic acids is 2. The van der Waals surface area contributed by atoms with Crippen LogP contribution in [-0.4, -0.2) is 39.1 Å². The van der Waals surface area contributed by atoms with Gasteiger partial charge in [0.1, 0.15) is 11.3 Å². The molecule has 0 unspecified atom stereocenters. The molecule has 0 aliphatic heterocycles. The lowest BCUT2D eigenvalue weighted by atomic mass is 10.1. The summed E-state index contributed by atoms with van der Waals surface area (Å²) in [6, 6.07) is 10.1. The summed E-state index contributed by atoms with van der Waals surface area (Å²) >= 11 is 1.97. The maximum absolute atomic E-state index is 12.3. The Hall–Kier alpha value is -3.72. The summed E-state index contributed by atoms with van der Waals surface area (Å²) in [6.45, 7) is 0. The third-order valence-corrected chi connectivity index (χ3v) is 5.64. The minimum atomic E-state index is -4.81. The maximum Gasteiger partial charge on any atom is 0.573 e. The molecule has 33 heavy (non-hydrogen) atoms. The molecule has 0 aliphatic rings. The first-order chi connectivity index (χ1) is 15.6. The monoisotopic (exact) mass is 499 g/mol. The van der Waals surface area contributed by atoms with Crippen LogP contribution in [0.4, 0.5) is 29.7 Å². The van der Waals surface area contributed by atoms with Crippen LogP contribution >= 0.6 is 23.1 Å². The lowest BCUT2D eigenvalue weighted by Crippen LogP contribution is -2.17. The van der Waals surface area contributed by atoms with Crippen LogP contribution in [-0.2, 0) is 4.79 Å². The highest BCUT2D eigenvalue weighted by atomic mass is 32.2. The smallest absolute Gasteiger partial charge is 0.406 e. The van der Waals surface area contributed by atoms with Crippen molar-refractivity contribution in [1.82, 2.24) is 10.2 Å². The van der Waals surface area contributed by atoms with Crippen molar-refractivity contribution in [2.24, 2.45) is 0 Å². The number of nitrogens with one attached hydrogen (secondary N) is 2. The van der Waals surface area contributed by atoms with Crippen LogP contribution in [0.25, 0.3) is 0 Å². The number of alkyl halides is 3. The molecule has 3 aromatic rings. The van der Waals surface area contributed by atoms with E-state index in [-0.39, 0.29) is 27.8 Å². The first-order valence-corrected chi connectivity index (χ1v) is 10.6. The molecule has 0 aliphatic carbocycles. The molecule has 10 nitrogen and oxygen atoms in total. The van der Waals surface area contributed by atoms with Gasteiger partial charge in [-0.15, -0.1) is 23.4 Å². The zero-order valence-corrected chi connectivity index (χ0v) is 17.8. The Bertz CT molecular complexity index is 1170. The lowest BCUT2D eigenvalue weighted by Gasteiger charge is -2.09. The van der Waals surface area contributed by atoms with E-state index in [0.717, 1.165) is 35.2 Å². The van der Waals surface area contributed by atoms with Gasteiger partial charge < -0.3 is 10.1 Å². The second-order valence-corrected chi connectivity index (χ2v) is 8.21. The first-order valence-electron chi connectivity index (χ1n) is 8.77. The SMILES string of the molecule is O=C(CSc1nnc(NC(=O)c2ccccc2[N+](=O)[O-])s1)Nc1ccc(OC(F)(F)F)cc1. The quantitative estimate of drug-likeness (QED) is 0.202. The number of aromatic nitrogens is 2. The Morgan fingerprint density at radius 3 is 2.45 bits per heavy atom. The van der Waals surface area contributed by atoms with Gasteiger partial charge in [-0.2, -0.15) is 0 Å². The van der Waals surface area contributed by atoms with Gasteiger partial charge in [0.15, 0.2) is 4.34 Å². The molecule has 1 aromatic heterocycles. The van der Waals surface area contributed by atoms with Crippen LogP contribution < -0.4 is 15.4 Å². The number of nitro benzene ring substituents is 1. The van der Waals surface area contributed by atoms with Gasteiger partial charge in [-0.3, -0.25) is 25.0 Å². The minimum Gasteiger partial charge on any atom is -0.406 e. The Morgan fingerprint density at radius 2 is 1.79 bits per heavy atom. The van der Waals surface area contributed by atoms with Crippen LogP contribution in [0.1, 0.15) is 10.4 Å². The van der Waals surface area contributed by atoms with Gasteiger partial charge in [0.25, 0.3) is 11.6 Å². The van der Waals surface area contributed by atoms with Crippen LogP contribution in [0.15, 0.2) is 52.9 Å². The molecule has 0 radical (unpaired) electrons. The van der Waals surface area contributed by atoms with Gasteiger partial charge in [-0.05, 0) is 30.3 Å². The number of halogens is 3. The fourth-order valence-electron chi connectivity index (χ4n) is 2.37. The van der Waals surface area contributed by atoms with Crippen molar-refractivity contribution >= 4 is 51.4 Å². The van der Waals surface area contributed by atoms with Gasteiger partial charge in [0.2, 0.25) is 11.0 Å². The van der Waals surface area contributed by atoms with E-state index in [9.17, 15) is 32.9 Å². The number of anilines is 2. The predicted octanol–water partition coefficient (Wildman–Crippen LogP) is 4.33. The standard InChI is InChI=1S/C18H12F3N5O5S2/c19-18(20,21)31-11-7-5-10(6-8-11)22-14(27)9-32-17-25-24-16(33-17)23-15(28)12-3-1-2-4-13(12)26(29)30/h1-8H,9H2,(H,22,27)(H,23,24,28). The first kappa shape index (κ1) is 23.9. The van der Waals surface area contributed by atoms with E-state index in [0.29, 0.717) is 4.34 Å². The van der Waals surface area contributed by atoms with Crippen molar-refractivity contribution in [3.05, 3.63) is 64.2 Å². The number of ether oxygens (including phenoxy) is 1. The molecule has 2 amide bonds. The summed E-state index contributed by atoms with van der Waals surface area (Å²) in [6.07, 6.45) is -4.81. The molecule has 0 bridgehead atoms. The van der Waals surface area contributed by atoms with Crippen LogP contribution in [0.2, 0.25) is 0 Å². The minimum absolute atomic E-state index is 0.0845. The van der Waals surface area contributed by atoms with E-state index in [1.165, 1.54) is 36.4 Å². The summed E-state index contributed by atoms with van der Waals surface area (Å²) < 4.78 is 40.6. The molecule has 0 saturated heterocycles. The lowest BCUT2D eigenvalue weighted by molar-refractivity contribution is -0.385. The van der Waals surface area contributed by atoms with Crippen LogP contribution in [0, 0.1) is 10.1 Å². The number of para-hydroxylation sites is 1. The molecule has 172 valence electrons. The number of amides is 2. The number of nitro groups is 1. The van der Waals surface area contributed by atoms with E-state index < -0.39 is 28.8 Å². The number of thioether (sulfide) groups is 1. The molecular formula is C18H12F3N5O5S2. The van der Waals surface area contributed by atoms with Gasteiger partial charge >= 0.3 is 6.36 Å². The fourth-order valence-corrected chi connectivity index (χ4v) is 3.92. The Kier molecular flexibility index (Phi) is 7.44. The van der Waals surface area contributed by atoms with Crippen LogP contribution in [0.3, 0.4) is 0 Å². The Morgan fingerprint density at radius 1 is 1.09 bits per heavy atom. The van der Waals surface area contributed by atoms with Crippen molar-refractivity contribution in [3.63, 3.8) is 0 Å². The van der Waals surface area contributed by atoms with Crippen molar-refractivity contribution in [1.29, 1.82) is 0 Å². The highest BCUT2D eigenvalue weighted by molar-refractivity contribution is 8.01. The predicted molar refractivity (Wildman–Crippen MR) is 113 cm³/mol. The highest BCUT2D eigenvalue weighted by Gasteiger charge is 2.31. The van der Waals surface area contributed by atoms with Crippen LogP contribution in [0.5, 0.6) is 5.75 Å². The topological polar surface area (TPSA) is 136 Å². The van der Waals surface area contributed by atoms with Crippen molar-refractivity contribution < 1.29 is 32.4 Å². The molecule has 2 aromatic carbocycles. The molecule has 3 rings (SSSR count). The third-order valence-electron chi connectivity index (χ3n) is 3.67. The summed E-state index contributed by atoms with van der Waals surface area (Å²) in [7, 11) is 0. The molecule has 1 heterocycles. The summed E-state index contributed by atoms with van der Waals surface area (Å²) in [5.41, 5.74) is -0.230. The summed E-state index contributed by atoms with van der Waals surface area (Å²) in [4.78, 5) is 34.7. The molecule has 15 heteroatoms. The van der Waals surface area contributed by atoms with E-state index in [2.05, 4.69) is 25.6 Å². The maximum atomic E-state index is 12.3. The molecular weight excluding hydrogens is 487 g/mol. The van der Waals surface area contributed by atoms with E-state index >= 15 is 0 Å². The number of rotatable bonds is 8. The molecule has 0 fully saturated rings. The fraction of sp³-hybridized carbons (Fsp3) is 0.111. The average molecular weight is 499 g/mol. The Balaban J connectivity index is 1.51. The average Bonchev–Trinajstić information content (AvgIpc) is 3.20. The van der Waals surface area contributed by atoms with Crippen molar-refractivity contribution in [3.8, 4) is 5.75 Å². The van der Waals surface area contributed by atoms with Gasteiger partial charge in [0.05, 0.1) is 10.7 Å². The van der Waals surface area contributed by atoms with Gasteiger partial charge in [-0.1, -0.05) is 35.2 Å². The number of hydrogen-bond donors (Lipinski definition) is 2. The summed E-state index contributed by atoms with van der Waals surface area (Å²) in [5.74, 6) is -1.69. The van der Waals surface area contributed by atoms with Gasteiger partial charge in [0, 0.05) is 11.8 Å². The number of hydrogen-bond acceptors (Lipinski definition) is 9. The molecule has 0 atom stereocenters. The molecule has 0 saturated carbocycles. The van der Waals surface area contributed by atoms with Crippen molar-refractivity contribution in [2.75, 3.05) is 16.4 Å². The Labute approximate surface area is 191 Å². The van der Waals surface area contributed by atoms with Gasteiger partial charge in [-0.25, -0.2) is 0 Å². The second-order valence-electron chi connectivity index (χ2n) is 6.01. The van der Waals surface area contributed by atoms with E-state index in [1.54, 1.807) is 0 Å². The highest BCUT2D eigenvalue weighted by Crippen LogP contribution is 2.27. The third kappa shape index (κ3) is 7.15. The zero-order chi connectivity index (χ0) is 24.0. The summed E-state index contributed by atoms with van der Waals surface area (Å²) in [5, 5.41) is 23.6. The molecule has 0 spiro atoms. The zero-order valence-electron chi connectivity index (χ0n) is 16.2. The normalized spacial score (nSPS) is 11.0. The number of benzene rings is 2. The van der Waals surface area contributed by atoms with E-state index in [4.69, 9.17) is 0 Å². The number of nitrogens with zero attached hydrogens (tertiary/aromatic N) is 3. The molecule has 2 N–H and O–H groups in total. The largest absolute Gasteiger partial charge is 0.573 e. The van der Waals surface area contributed by atoms with E-state index in [1.807, 2.05) is 0 Å². The number of carbonyl (C=O) groups is 2.